The second-order valence-corrected chi connectivity index (χ2v) is 10.1. The van der Waals surface area contributed by atoms with E-state index in [0.29, 0.717) is 17.8 Å². The van der Waals surface area contributed by atoms with Gasteiger partial charge in [0.15, 0.2) is 0 Å². The summed E-state index contributed by atoms with van der Waals surface area (Å²) in [6, 6.07) is 28.9. The Balaban J connectivity index is 1.61. The van der Waals surface area contributed by atoms with Crippen molar-refractivity contribution in [2.45, 2.75) is 35.2 Å². The standard InChI is InChI=1S/C26H22BNS/c1-26(2)20-12-6-7-13-21(20)27(23-15-17-9-3-4-10-18(17)16-28-23)25-24(26)19-11-5-8-14-22(19)29-25/h3-16,24-25H,1-2H3. The molecule has 6 rings (SSSR count). The molecule has 0 saturated heterocycles. The first-order valence-electron chi connectivity index (χ1n) is 10.3. The monoisotopic (exact) mass is 391 g/mol. The van der Waals surface area contributed by atoms with E-state index in [4.69, 9.17) is 4.98 Å². The minimum absolute atomic E-state index is 0.0915. The lowest BCUT2D eigenvalue weighted by atomic mass is 9.31. The van der Waals surface area contributed by atoms with Crippen molar-refractivity contribution in [1.82, 2.24) is 4.98 Å². The van der Waals surface area contributed by atoms with Crippen LogP contribution >= 0.6 is 11.8 Å². The molecule has 0 bridgehead atoms. The van der Waals surface area contributed by atoms with Crippen LogP contribution in [-0.4, -0.2) is 16.8 Å². The Morgan fingerprint density at radius 2 is 1.59 bits per heavy atom. The number of fused-ring (bicyclic) bond motifs is 5. The summed E-state index contributed by atoms with van der Waals surface area (Å²) in [5.74, 6) is 0.483. The first kappa shape index (κ1) is 17.4. The molecule has 2 atom stereocenters. The molecule has 29 heavy (non-hydrogen) atoms. The van der Waals surface area contributed by atoms with E-state index < -0.39 is 0 Å². The summed E-state index contributed by atoms with van der Waals surface area (Å²) in [4.78, 5) is 6.43. The normalized spacial score (nSPS) is 21.5. The molecule has 3 heterocycles. The number of benzene rings is 3. The molecule has 140 valence electrons. The molecular formula is C26H22BNS. The Hall–Kier alpha value is -2.52. The summed E-state index contributed by atoms with van der Waals surface area (Å²) < 4.78 is 0. The molecule has 3 heteroatoms. The van der Waals surface area contributed by atoms with Gasteiger partial charge in [-0.15, -0.1) is 11.8 Å². The van der Waals surface area contributed by atoms with Gasteiger partial charge < -0.3 is 0 Å². The second-order valence-electron chi connectivity index (χ2n) is 8.84. The van der Waals surface area contributed by atoms with E-state index in [0.717, 1.165) is 0 Å². The van der Waals surface area contributed by atoms with E-state index in [2.05, 4.69) is 111 Å². The molecule has 1 nitrogen and oxygen atoms in total. The number of hydrogen-bond acceptors (Lipinski definition) is 2. The number of aromatic nitrogens is 1. The molecule has 0 aliphatic carbocycles. The summed E-state index contributed by atoms with van der Waals surface area (Å²) in [7, 11) is 0. The highest BCUT2D eigenvalue weighted by atomic mass is 32.2. The van der Waals surface area contributed by atoms with Crippen LogP contribution in [0.2, 0.25) is 0 Å². The van der Waals surface area contributed by atoms with Crippen LogP contribution in [0.1, 0.15) is 30.9 Å². The molecule has 0 N–H and O–H groups in total. The molecule has 2 aliphatic heterocycles. The SMILES string of the molecule is CC1(C)c2ccccc2B(c2cc3ccccc3cn2)C2Sc3ccccc3C21. The third-order valence-electron chi connectivity index (χ3n) is 6.91. The maximum atomic E-state index is 4.99. The summed E-state index contributed by atoms with van der Waals surface area (Å²) >= 11 is 2.05. The fourth-order valence-corrected chi connectivity index (χ4v) is 7.42. The number of thioether (sulfide) groups is 1. The van der Waals surface area contributed by atoms with Crippen molar-refractivity contribution in [3.05, 3.63) is 96.2 Å². The first-order valence-corrected chi connectivity index (χ1v) is 11.2. The van der Waals surface area contributed by atoms with Crippen molar-refractivity contribution in [1.29, 1.82) is 0 Å². The van der Waals surface area contributed by atoms with Gasteiger partial charge in [0.2, 0.25) is 6.71 Å². The van der Waals surface area contributed by atoms with Gasteiger partial charge in [0.1, 0.15) is 0 Å². The Kier molecular flexibility index (Phi) is 3.73. The average Bonchev–Trinajstić information content (AvgIpc) is 3.14. The predicted octanol–water partition coefficient (Wildman–Crippen LogP) is 4.93. The van der Waals surface area contributed by atoms with E-state index in [1.54, 1.807) is 0 Å². The van der Waals surface area contributed by atoms with Crippen LogP contribution in [0.5, 0.6) is 0 Å². The number of nitrogens with zero attached hydrogens (tertiary/aromatic N) is 1. The van der Waals surface area contributed by atoms with E-state index in [-0.39, 0.29) is 5.41 Å². The summed E-state index contributed by atoms with van der Waals surface area (Å²) in [5, 5.41) is 2.95. The molecular weight excluding hydrogens is 369 g/mol. The van der Waals surface area contributed by atoms with Crippen molar-refractivity contribution in [3.8, 4) is 0 Å². The highest BCUT2D eigenvalue weighted by Crippen LogP contribution is 2.56. The Labute approximate surface area is 176 Å². The van der Waals surface area contributed by atoms with Crippen molar-refractivity contribution in [2.24, 2.45) is 0 Å². The molecule has 3 aromatic carbocycles. The largest absolute Gasteiger partial charge is 0.270 e. The molecule has 2 aliphatic rings. The zero-order chi connectivity index (χ0) is 19.6. The van der Waals surface area contributed by atoms with E-state index in [1.807, 2.05) is 0 Å². The minimum Gasteiger partial charge on any atom is -0.270 e. The molecule has 0 fully saturated rings. The van der Waals surface area contributed by atoms with Gasteiger partial charge in [-0.25, -0.2) is 0 Å². The van der Waals surface area contributed by atoms with Crippen LogP contribution in [0.15, 0.2) is 90.0 Å². The lowest BCUT2D eigenvalue weighted by molar-refractivity contribution is 0.426. The highest BCUT2D eigenvalue weighted by Gasteiger charge is 2.54. The van der Waals surface area contributed by atoms with Gasteiger partial charge in [0.25, 0.3) is 0 Å². The second kappa shape index (κ2) is 6.24. The van der Waals surface area contributed by atoms with Gasteiger partial charge >= 0.3 is 0 Å². The maximum Gasteiger partial charge on any atom is 0.247 e. The fraction of sp³-hybridized carbons (Fsp3) is 0.192. The third-order valence-corrected chi connectivity index (χ3v) is 8.35. The highest BCUT2D eigenvalue weighted by molar-refractivity contribution is 8.02. The zero-order valence-electron chi connectivity index (χ0n) is 16.7. The molecule has 1 aromatic heterocycles. The van der Waals surface area contributed by atoms with Gasteiger partial charge in [0.05, 0.1) is 0 Å². The van der Waals surface area contributed by atoms with Gasteiger partial charge in [0, 0.05) is 27.8 Å². The lowest BCUT2D eigenvalue weighted by Gasteiger charge is -2.45. The van der Waals surface area contributed by atoms with Crippen LogP contribution in [0.4, 0.5) is 0 Å². The molecule has 4 aromatic rings. The molecule has 2 unspecified atom stereocenters. The molecule has 0 amide bonds. The summed E-state index contributed by atoms with van der Waals surface area (Å²) in [6.07, 6.45) is 2.05. The summed E-state index contributed by atoms with van der Waals surface area (Å²) in [5.41, 5.74) is 5.71. The van der Waals surface area contributed by atoms with E-state index >= 15 is 0 Å². The Morgan fingerprint density at radius 3 is 2.48 bits per heavy atom. The van der Waals surface area contributed by atoms with Crippen LogP contribution in [0, 0.1) is 0 Å². The van der Waals surface area contributed by atoms with Crippen LogP contribution < -0.4 is 11.1 Å². The Morgan fingerprint density at radius 1 is 0.862 bits per heavy atom. The molecule has 0 saturated carbocycles. The molecule has 0 spiro atoms. The maximum absolute atomic E-state index is 4.99. The van der Waals surface area contributed by atoms with Crippen LogP contribution in [0.25, 0.3) is 10.8 Å². The van der Waals surface area contributed by atoms with E-state index in [9.17, 15) is 0 Å². The minimum atomic E-state index is 0.0915. The number of rotatable bonds is 1. The fourth-order valence-electron chi connectivity index (χ4n) is 5.59. The first-order chi connectivity index (χ1) is 14.1. The number of hydrogen-bond donors (Lipinski definition) is 0. The van der Waals surface area contributed by atoms with E-state index in [1.165, 1.54) is 37.9 Å². The quantitative estimate of drug-likeness (QED) is 0.427. The Bertz CT molecular complexity index is 1250. The third kappa shape index (κ3) is 2.47. The van der Waals surface area contributed by atoms with Gasteiger partial charge in [-0.2, -0.15) is 0 Å². The summed E-state index contributed by atoms with van der Waals surface area (Å²) in [6.45, 7) is 5.15. The number of pyridine rings is 1. The van der Waals surface area contributed by atoms with Crippen molar-refractivity contribution < 1.29 is 0 Å². The average molecular weight is 391 g/mol. The van der Waals surface area contributed by atoms with Crippen LogP contribution in [-0.2, 0) is 5.41 Å². The zero-order valence-corrected chi connectivity index (χ0v) is 17.5. The lowest BCUT2D eigenvalue weighted by Crippen LogP contribution is -2.61. The van der Waals surface area contributed by atoms with Gasteiger partial charge in [-0.05, 0) is 39.4 Å². The van der Waals surface area contributed by atoms with Gasteiger partial charge in [-0.3, -0.25) is 4.98 Å². The smallest absolute Gasteiger partial charge is 0.247 e. The van der Waals surface area contributed by atoms with Crippen LogP contribution in [0.3, 0.4) is 0 Å². The van der Waals surface area contributed by atoms with Gasteiger partial charge in [-0.1, -0.05) is 86.0 Å². The van der Waals surface area contributed by atoms with Crippen molar-refractivity contribution >= 4 is 40.3 Å². The molecule has 0 radical (unpaired) electrons. The van der Waals surface area contributed by atoms with Crippen molar-refractivity contribution in [3.63, 3.8) is 0 Å². The topological polar surface area (TPSA) is 12.9 Å². The van der Waals surface area contributed by atoms with Crippen molar-refractivity contribution in [2.75, 3.05) is 0 Å². The predicted molar refractivity (Wildman–Crippen MR) is 125 cm³/mol.